The lowest BCUT2D eigenvalue weighted by molar-refractivity contribution is 0.244. The first-order valence-corrected chi connectivity index (χ1v) is 7.49. The molecule has 4 nitrogen and oxygen atoms in total. The molecule has 1 saturated heterocycles. The Hall–Kier alpha value is -1.59. The van der Waals surface area contributed by atoms with Gasteiger partial charge in [0.1, 0.15) is 5.82 Å². The number of nitrogens with zero attached hydrogens (tertiary/aromatic N) is 4. The zero-order valence-electron chi connectivity index (χ0n) is 11.8. The molecule has 2 heterocycles. The topological polar surface area (TPSA) is 24.3 Å². The molecule has 1 aliphatic rings. The Morgan fingerprint density at radius 3 is 2.38 bits per heavy atom. The average molecular weight is 309 g/mol. The summed E-state index contributed by atoms with van der Waals surface area (Å²) in [4.78, 5) is 4.70. The Bertz CT molecular complexity index is 576. The molecule has 0 aliphatic carbocycles. The predicted octanol–water partition coefficient (Wildman–Crippen LogP) is 2.50. The fourth-order valence-corrected chi connectivity index (χ4v) is 2.74. The van der Waals surface area contributed by atoms with Crippen molar-refractivity contribution >= 4 is 17.3 Å². The number of aromatic nitrogens is 2. The van der Waals surface area contributed by atoms with Crippen LogP contribution in [0.3, 0.4) is 0 Å². The highest BCUT2D eigenvalue weighted by Gasteiger charge is 2.17. The van der Waals surface area contributed by atoms with Crippen molar-refractivity contribution in [1.29, 1.82) is 0 Å². The lowest BCUT2D eigenvalue weighted by Crippen LogP contribution is -2.47. The van der Waals surface area contributed by atoms with Crippen LogP contribution in [0.2, 0.25) is 5.02 Å². The van der Waals surface area contributed by atoms with Crippen LogP contribution in [0, 0.1) is 5.82 Å². The van der Waals surface area contributed by atoms with Crippen LogP contribution < -0.4 is 4.90 Å². The maximum Gasteiger partial charge on any atom is 0.123 e. The Kier molecular flexibility index (Phi) is 4.41. The summed E-state index contributed by atoms with van der Waals surface area (Å²) in [6.45, 7) is 5.76. The molecule has 1 aliphatic heterocycles. The van der Waals surface area contributed by atoms with Gasteiger partial charge in [0.2, 0.25) is 0 Å². The second kappa shape index (κ2) is 6.45. The first-order valence-electron chi connectivity index (χ1n) is 7.11. The number of hydrogen-bond acceptors (Lipinski definition) is 3. The minimum atomic E-state index is -0.185. The zero-order chi connectivity index (χ0) is 14.7. The highest BCUT2D eigenvalue weighted by atomic mass is 35.5. The molecule has 0 N–H and O–H groups in total. The van der Waals surface area contributed by atoms with E-state index in [-0.39, 0.29) is 5.82 Å². The fourth-order valence-electron chi connectivity index (χ4n) is 2.59. The number of rotatable bonds is 4. The number of hydrogen-bond donors (Lipinski definition) is 0. The van der Waals surface area contributed by atoms with Crippen molar-refractivity contribution in [3.63, 3.8) is 0 Å². The van der Waals surface area contributed by atoms with Crippen molar-refractivity contribution in [2.75, 3.05) is 37.6 Å². The molecule has 1 aromatic carbocycles. The number of anilines is 1. The van der Waals surface area contributed by atoms with Crippen molar-refractivity contribution in [2.45, 2.75) is 6.54 Å². The molecule has 0 unspecified atom stereocenters. The Balaban J connectivity index is 1.47. The second-order valence-corrected chi connectivity index (χ2v) is 5.66. The van der Waals surface area contributed by atoms with E-state index in [1.807, 2.05) is 23.0 Å². The van der Waals surface area contributed by atoms with E-state index in [0.717, 1.165) is 45.0 Å². The standard InChI is InChI=1S/C15H18ClFN4/c16-13-11-18-21(12-13)10-7-19-5-8-20(9-6-19)15-3-1-14(17)2-4-15/h1-4,11-12H,5-10H2. The summed E-state index contributed by atoms with van der Waals surface area (Å²) < 4.78 is 14.8. The summed E-state index contributed by atoms with van der Waals surface area (Å²) in [7, 11) is 0. The molecule has 0 atom stereocenters. The summed E-state index contributed by atoms with van der Waals surface area (Å²) in [6, 6.07) is 6.72. The third kappa shape index (κ3) is 3.74. The average Bonchev–Trinajstić information content (AvgIpc) is 2.92. The Morgan fingerprint density at radius 2 is 1.76 bits per heavy atom. The van der Waals surface area contributed by atoms with Crippen LogP contribution in [0.4, 0.5) is 10.1 Å². The summed E-state index contributed by atoms with van der Waals surface area (Å²) in [5.41, 5.74) is 1.09. The van der Waals surface area contributed by atoms with E-state index in [1.165, 1.54) is 12.1 Å². The maximum atomic E-state index is 12.9. The normalized spacial score (nSPS) is 16.4. The van der Waals surface area contributed by atoms with Gasteiger partial charge in [-0.3, -0.25) is 9.58 Å². The molecule has 0 radical (unpaired) electrons. The molecule has 0 spiro atoms. The maximum absolute atomic E-state index is 12.9. The smallest absolute Gasteiger partial charge is 0.123 e. The van der Waals surface area contributed by atoms with E-state index in [0.29, 0.717) is 5.02 Å². The molecule has 112 valence electrons. The second-order valence-electron chi connectivity index (χ2n) is 5.23. The third-order valence-corrected chi connectivity index (χ3v) is 4.01. The fraction of sp³-hybridized carbons (Fsp3) is 0.400. The number of piperazine rings is 1. The number of halogens is 2. The van der Waals surface area contributed by atoms with Crippen molar-refractivity contribution in [3.05, 3.63) is 47.5 Å². The molecule has 0 saturated carbocycles. The summed E-state index contributed by atoms with van der Waals surface area (Å²) in [5.74, 6) is -0.185. The molecular formula is C15H18ClFN4. The van der Waals surface area contributed by atoms with Crippen LogP contribution in [0.1, 0.15) is 0 Å². The highest BCUT2D eigenvalue weighted by molar-refractivity contribution is 6.30. The van der Waals surface area contributed by atoms with Crippen molar-refractivity contribution in [2.24, 2.45) is 0 Å². The van der Waals surface area contributed by atoms with Gasteiger partial charge in [-0.1, -0.05) is 11.6 Å². The molecule has 1 fully saturated rings. The molecule has 21 heavy (non-hydrogen) atoms. The minimum absolute atomic E-state index is 0.185. The van der Waals surface area contributed by atoms with Gasteiger partial charge >= 0.3 is 0 Å². The van der Waals surface area contributed by atoms with E-state index in [1.54, 1.807) is 6.20 Å². The minimum Gasteiger partial charge on any atom is -0.369 e. The van der Waals surface area contributed by atoms with Gasteiger partial charge in [0.15, 0.2) is 0 Å². The SMILES string of the molecule is Fc1ccc(N2CCN(CCn3cc(Cl)cn3)CC2)cc1. The van der Waals surface area contributed by atoms with Gasteiger partial charge in [-0.2, -0.15) is 5.10 Å². The molecule has 0 bridgehead atoms. The van der Waals surface area contributed by atoms with Crippen LogP contribution >= 0.6 is 11.6 Å². The van der Waals surface area contributed by atoms with Gasteiger partial charge in [0.25, 0.3) is 0 Å². The van der Waals surface area contributed by atoms with Crippen molar-refractivity contribution in [1.82, 2.24) is 14.7 Å². The van der Waals surface area contributed by atoms with Gasteiger partial charge < -0.3 is 4.90 Å². The summed E-state index contributed by atoms with van der Waals surface area (Å²) >= 11 is 5.85. The largest absolute Gasteiger partial charge is 0.369 e. The van der Waals surface area contributed by atoms with E-state index in [4.69, 9.17) is 11.6 Å². The molecule has 1 aromatic heterocycles. The lowest BCUT2D eigenvalue weighted by atomic mass is 10.2. The zero-order valence-corrected chi connectivity index (χ0v) is 12.5. The molecular weight excluding hydrogens is 291 g/mol. The van der Waals surface area contributed by atoms with Gasteiger partial charge in [0, 0.05) is 44.6 Å². The van der Waals surface area contributed by atoms with Crippen LogP contribution in [0.15, 0.2) is 36.7 Å². The van der Waals surface area contributed by atoms with Crippen LogP contribution in [-0.4, -0.2) is 47.4 Å². The van der Waals surface area contributed by atoms with Crippen molar-refractivity contribution in [3.8, 4) is 0 Å². The molecule has 3 rings (SSSR count). The summed E-state index contributed by atoms with van der Waals surface area (Å²) in [5, 5.41) is 4.86. The molecule has 0 amide bonds. The van der Waals surface area contributed by atoms with Gasteiger partial charge in [-0.15, -0.1) is 0 Å². The monoisotopic (exact) mass is 308 g/mol. The lowest BCUT2D eigenvalue weighted by Gasteiger charge is -2.36. The van der Waals surface area contributed by atoms with E-state index in [2.05, 4.69) is 14.9 Å². The quantitative estimate of drug-likeness (QED) is 0.867. The molecule has 6 heteroatoms. The Morgan fingerprint density at radius 1 is 1.05 bits per heavy atom. The summed E-state index contributed by atoms with van der Waals surface area (Å²) in [6.07, 6.45) is 3.50. The van der Waals surface area contributed by atoms with Crippen LogP contribution in [-0.2, 0) is 6.54 Å². The van der Waals surface area contributed by atoms with Gasteiger partial charge in [-0.05, 0) is 24.3 Å². The predicted molar refractivity (Wildman–Crippen MR) is 82.3 cm³/mol. The molecule has 2 aromatic rings. The third-order valence-electron chi connectivity index (χ3n) is 3.81. The van der Waals surface area contributed by atoms with E-state index < -0.39 is 0 Å². The van der Waals surface area contributed by atoms with Gasteiger partial charge in [0.05, 0.1) is 17.8 Å². The number of benzene rings is 1. The first-order chi connectivity index (χ1) is 10.2. The van der Waals surface area contributed by atoms with E-state index >= 15 is 0 Å². The van der Waals surface area contributed by atoms with E-state index in [9.17, 15) is 4.39 Å². The van der Waals surface area contributed by atoms with Crippen LogP contribution in [0.5, 0.6) is 0 Å². The Labute approximate surface area is 128 Å². The first kappa shape index (κ1) is 14.4. The van der Waals surface area contributed by atoms with Crippen molar-refractivity contribution < 1.29 is 4.39 Å². The highest BCUT2D eigenvalue weighted by Crippen LogP contribution is 2.16. The van der Waals surface area contributed by atoms with Crippen LogP contribution in [0.25, 0.3) is 0 Å². The van der Waals surface area contributed by atoms with Gasteiger partial charge in [-0.25, -0.2) is 4.39 Å².